The van der Waals surface area contributed by atoms with E-state index in [-0.39, 0.29) is 30.8 Å². The number of nitrogens with two attached hydrogens (primary N) is 1. The molecule has 11 heteroatoms. The van der Waals surface area contributed by atoms with Crippen molar-refractivity contribution in [1.82, 2.24) is 9.80 Å². The van der Waals surface area contributed by atoms with Crippen molar-refractivity contribution in [2.75, 3.05) is 44.2 Å². The van der Waals surface area contributed by atoms with E-state index in [1.807, 2.05) is 26.0 Å². The number of carbonyl (C=O) groups is 3. The molecule has 0 bridgehead atoms. The van der Waals surface area contributed by atoms with Crippen LogP contribution >= 0.6 is 0 Å². The molecule has 2 amide bonds. The van der Waals surface area contributed by atoms with Crippen molar-refractivity contribution in [3.05, 3.63) is 39.8 Å². The Hall–Kier alpha value is -3.14. The number of benzene rings is 1. The van der Waals surface area contributed by atoms with Gasteiger partial charge < -0.3 is 20.3 Å². The molecule has 2 N–H and O–H groups in total. The second-order valence-electron chi connectivity index (χ2n) is 11.0. The molecule has 4 atom stereocenters. The molecule has 0 spiro atoms. The first kappa shape index (κ1) is 25.5. The van der Waals surface area contributed by atoms with E-state index in [4.69, 9.17) is 16.0 Å². The average Bonchev–Trinajstić information content (AvgIpc) is 3.57. The van der Waals surface area contributed by atoms with Crippen LogP contribution in [0.2, 0.25) is 0 Å². The molecule has 198 valence electrons. The predicted molar refractivity (Wildman–Crippen MR) is 137 cm³/mol. The summed E-state index contributed by atoms with van der Waals surface area (Å²) in [5.74, 6) is -1.59. The third-order valence-corrected chi connectivity index (χ3v) is 8.06. The van der Waals surface area contributed by atoms with Crippen molar-refractivity contribution >= 4 is 23.3 Å². The highest BCUT2D eigenvalue weighted by Gasteiger charge is 2.53. The van der Waals surface area contributed by atoms with Gasteiger partial charge in [-0.15, -0.1) is 0 Å². The van der Waals surface area contributed by atoms with Gasteiger partial charge in [0.1, 0.15) is 12.6 Å². The highest BCUT2D eigenvalue weighted by molar-refractivity contribution is 5.99. The lowest BCUT2D eigenvalue weighted by Crippen LogP contribution is -2.47. The number of anilines is 1. The monoisotopic (exact) mass is 509 g/mol. The maximum atomic E-state index is 14.1. The van der Waals surface area contributed by atoms with E-state index in [1.165, 1.54) is 17.7 Å². The smallest absolute Gasteiger partial charge is 0.249 e. The number of carbonyl (C=O) groups excluding carboxylic acids is 3. The maximum Gasteiger partial charge on any atom is 0.249 e. The van der Waals surface area contributed by atoms with Crippen LogP contribution in [0.1, 0.15) is 54.9 Å². The summed E-state index contributed by atoms with van der Waals surface area (Å²) in [6, 6.07) is 4.88. The predicted octanol–water partition coefficient (Wildman–Crippen LogP) is 2.06. The van der Waals surface area contributed by atoms with Gasteiger partial charge in [-0.2, -0.15) is 0 Å². The normalized spacial score (nSPS) is 26.8. The van der Waals surface area contributed by atoms with Crippen LogP contribution in [0.15, 0.2) is 23.3 Å². The Kier molecular flexibility index (Phi) is 7.11. The van der Waals surface area contributed by atoms with E-state index >= 15 is 0 Å². The van der Waals surface area contributed by atoms with E-state index in [9.17, 15) is 14.4 Å². The Bertz CT molecular complexity index is 1120. The van der Waals surface area contributed by atoms with Gasteiger partial charge in [-0.25, -0.2) is 0 Å². The molecular weight excluding hydrogens is 474 g/mol. The molecule has 5 rings (SSSR count). The molecule has 1 aromatic rings. The minimum absolute atomic E-state index is 0.104. The molecule has 37 heavy (non-hydrogen) atoms. The fourth-order valence-electron chi connectivity index (χ4n) is 6.10. The summed E-state index contributed by atoms with van der Waals surface area (Å²) in [6.07, 6.45) is 2.40. The summed E-state index contributed by atoms with van der Waals surface area (Å²) in [6.45, 7) is 7.77. The van der Waals surface area contributed by atoms with Crippen molar-refractivity contribution in [2.45, 2.75) is 63.3 Å². The van der Waals surface area contributed by atoms with Gasteiger partial charge in [0.25, 0.3) is 0 Å². The number of hydrogen-bond donors (Lipinski definition) is 1. The number of nitrogens with zero attached hydrogens (tertiary/aromatic N) is 6. The molecule has 3 heterocycles. The second-order valence-corrected chi connectivity index (χ2v) is 11.0. The number of azide groups is 1. The van der Waals surface area contributed by atoms with Gasteiger partial charge in [0.15, 0.2) is 5.78 Å². The van der Waals surface area contributed by atoms with Gasteiger partial charge in [-0.1, -0.05) is 19.0 Å². The second kappa shape index (κ2) is 10.3. The first-order chi connectivity index (χ1) is 17.8. The Balaban J connectivity index is 1.47. The first-order valence-corrected chi connectivity index (χ1v) is 13.2. The fraction of sp³-hybridized carbons (Fsp3) is 0.654. The zero-order valence-corrected chi connectivity index (χ0v) is 21.5. The number of rotatable bonds is 8. The van der Waals surface area contributed by atoms with Crippen molar-refractivity contribution in [3.63, 3.8) is 0 Å². The molecule has 0 radical (unpaired) electrons. The van der Waals surface area contributed by atoms with Crippen LogP contribution in [0.5, 0.6) is 0 Å². The number of amides is 2. The molecule has 4 aliphatic rings. The van der Waals surface area contributed by atoms with Gasteiger partial charge in [-0.05, 0) is 54.5 Å². The van der Waals surface area contributed by atoms with E-state index in [1.54, 1.807) is 6.07 Å². The number of ether oxygens (including phenoxy) is 1. The molecule has 1 aliphatic carbocycles. The molecule has 1 aromatic carbocycles. The standard InChI is InChI=1S/C26H35N7O4/c1-15(2)11-20(26(36)33-13-21(29-30-28)24-23(33)22(34)14-37-24)19-12-17(5-6-18(19)25(27)35)32-9-7-31(8-10-32)16-3-4-16/h5-6,12,15-16,20-21,23-24H,3-4,7-11,13-14H2,1-2H3,(H2,27,35)/t20-,21-,23+,24+/m0/s1. The topological polar surface area (TPSA) is 145 Å². The highest BCUT2D eigenvalue weighted by Crippen LogP contribution is 2.37. The number of hydrogen-bond acceptors (Lipinski definition) is 7. The van der Waals surface area contributed by atoms with Gasteiger partial charge >= 0.3 is 0 Å². The average molecular weight is 510 g/mol. The Morgan fingerprint density at radius 1 is 1.22 bits per heavy atom. The number of Topliss-reactive ketones (excluding diaryl/α,β-unsaturated/α-hetero) is 1. The number of ketones is 1. The summed E-state index contributed by atoms with van der Waals surface area (Å²) in [7, 11) is 0. The van der Waals surface area contributed by atoms with E-state index in [2.05, 4.69) is 19.8 Å². The molecule has 11 nitrogen and oxygen atoms in total. The molecule has 1 saturated carbocycles. The number of piperazine rings is 1. The zero-order valence-electron chi connectivity index (χ0n) is 21.5. The first-order valence-electron chi connectivity index (χ1n) is 13.2. The summed E-state index contributed by atoms with van der Waals surface area (Å²) in [5.41, 5.74) is 16.6. The third kappa shape index (κ3) is 5.03. The largest absolute Gasteiger partial charge is 0.369 e. The third-order valence-electron chi connectivity index (χ3n) is 8.06. The van der Waals surface area contributed by atoms with Crippen LogP contribution in [0.4, 0.5) is 5.69 Å². The lowest BCUT2D eigenvalue weighted by molar-refractivity contribution is -0.138. The molecule has 4 fully saturated rings. The Morgan fingerprint density at radius 3 is 2.57 bits per heavy atom. The maximum absolute atomic E-state index is 14.1. The van der Waals surface area contributed by atoms with Crippen molar-refractivity contribution in [2.24, 2.45) is 16.8 Å². The van der Waals surface area contributed by atoms with Gasteiger partial charge in [-0.3, -0.25) is 19.3 Å². The molecule has 0 aromatic heterocycles. The Morgan fingerprint density at radius 2 is 1.95 bits per heavy atom. The van der Waals surface area contributed by atoms with E-state index in [0.29, 0.717) is 17.5 Å². The van der Waals surface area contributed by atoms with Gasteiger partial charge in [0.05, 0.1) is 18.1 Å². The lowest BCUT2D eigenvalue weighted by atomic mass is 9.85. The fourth-order valence-corrected chi connectivity index (χ4v) is 6.10. The molecule has 0 unspecified atom stereocenters. The quantitative estimate of drug-likeness (QED) is 0.323. The minimum Gasteiger partial charge on any atom is -0.369 e. The van der Waals surface area contributed by atoms with Crippen LogP contribution in [-0.2, 0) is 14.3 Å². The van der Waals surface area contributed by atoms with Crippen LogP contribution in [0.3, 0.4) is 0 Å². The van der Waals surface area contributed by atoms with Crippen molar-refractivity contribution in [1.29, 1.82) is 0 Å². The zero-order chi connectivity index (χ0) is 26.3. The lowest BCUT2D eigenvalue weighted by Gasteiger charge is -2.37. The summed E-state index contributed by atoms with van der Waals surface area (Å²) in [5, 5.41) is 3.80. The van der Waals surface area contributed by atoms with Gasteiger partial charge in [0, 0.05) is 54.9 Å². The van der Waals surface area contributed by atoms with Crippen LogP contribution < -0.4 is 10.6 Å². The number of likely N-dealkylation sites (tertiary alicyclic amines) is 1. The van der Waals surface area contributed by atoms with Gasteiger partial charge in [0.2, 0.25) is 11.8 Å². The van der Waals surface area contributed by atoms with E-state index in [0.717, 1.165) is 37.9 Å². The van der Waals surface area contributed by atoms with E-state index < -0.39 is 30.0 Å². The van der Waals surface area contributed by atoms with Crippen molar-refractivity contribution in [3.8, 4) is 0 Å². The van der Waals surface area contributed by atoms with Crippen LogP contribution in [-0.4, -0.2) is 91.0 Å². The molecular formula is C26H35N7O4. The van der Waals surface area contributed by atoms with Crippen LogP contribution in [0, 0.1) is 5.92 Å². The summed E-state index contributed by atoms with van der Waals surface area (Å²) >= 11 is 0. The Labute approximate surface area is 216 Å². The summed E-state index contributed by atoms with van der Waals surface area (Å²) < 4.78 is 5.60. The number of fused-ring (bicyclic) bond motifs is 1. The minimum atomic E-state index is -0.784. The molecule has 3 aliphatic heterocycles. The SMILES string of the molecule is CC(C)C[C@H](C(=O)N1C[C@H](N=[N+]=[N-])[C@H]2OCC(=O)[C@H]21)c1cc(N2CCN(C3CC3)CC2)ccc1C(N)=O. The van der Waals surface area contributed by atoms with Crippen LogP contribution in [0.25, 0.3) is 10.4 Å². The van der Waals surface area contributed by atoms with Crippen molar-refractivity contribution < 1.29 is 19.1 Å². The molecule has 3 saturated heterocycles. The highest BCUT2D eigenvalue weighted by atomic mass is 16.5. The number of primary amides is 1. The summed E-state index contributed by atoms with van der Waals surface area (Å²) in [4.78, 5) is 48.5.